The zero-order chi connectivity index (χ0) is 21.2. The molecule has 7 heteroatoms. The van der Waals surface area contributed by atoms with Crippen LogP contribution in [0.2, 0.25) is 10.0 Å². The first-order valence-electron chi connectivity index (χ1n) is 9.61. The quantitative estimate of drug-likeness (QED) is 0.548. The van der Waals surface area contributed by atoms with Crippen LogP contribution in [0, 0.1) is 0 Å². The number of rotatable bonds is 10. The second kappa shape index (κ2) is 11.7. The van der Waals surface area contributed by atoms with Crippen molar-refractivity contribution in [1.29, 1.82) is 0 Å². The summed E-state index contributed by atoms with van der Waals surface area (Å²) >= 11 is 12.2. The molecule has 2 aromatic rings. The third kappa shape index (κ3) is 7.26. The van der Waals surface area contributed by atoms with Gasteiger partial charge in [-0.05, 0) is 43.2 Å². The van der Waals surface area contributed by atoms with Crippen LogP contribution in [0.25, 0.3) is 0 Å². The van der Waals surface area contributed by atoms with Crippen molar-refractivity contribution < 1.29 is 14.3 Å². The highest BCUT2D eigenvalue weighted by Gasteiger charge is 2.26. The maximum absolute atomic E-state index is 12.9. The highest BCUT2D eigenvalue weighted by molar-refractivity contribution is 6.31. The molecule has 0 saturated carbocycles. The van der Waals surface area contributed by atoms with Crippen molar-refractivity contribution in [3.63, 3.8) is 0 Å². The monoisotopic (exact) mass is 436 g/mol. The molecule has 1 N–H and O–H groups in total. The van der Waals surface area contributed by atoms with Crippen molar-refractivity contribution in [3.05, 3.63) is 64.1 Å². The van der Waals surface area contributed by atoms with E-state index in [4.69, 9.17) is 27.9 Å². The van der Waals surface area contributed by atoms with E-state index in [1.54, 1.807) is 37.3 Å². The van der Waals surface area contributed by atoms with Crippen molar-refractivity contribution in [2.45, 2.75) is 39.3 Å². The topological polar surface area (TPSA) is 58.6 Å². The Balaban J connectivity index is 2.12. The SMILES string of the molecule is CCCCNC(=O)C(C)N(Cc1ccccc1Cl)C(=O)COc1cccc(Cl)c1. The summed E-state index contributed by atoms with van der Waals surface area (Å²) in [6, 6.07) is 13.4. The van der Waals surface area contributed by atoms with Crippen molar-refractivity contribution in [3.8, 4) is 5.75 Å². The fraction of sp³-hybridized carbons (Fsp3) is 0.364. The molecule has 1 atom stereocenters. The Morgan fingerprint density at radius 3 is 2.59 bits per heavy atom. The number of unbranched alkanes of at least 4 members (excludes halogenated alkanes) is 1. The van der Waals surface area contributed by atoms with Crippen LogP contribution in [0.3, 0.4) is 0 Å². The van der Waals surface area contributed by atoms with Gasteiger partial charge in [-0.2, -0.15) is 0 Å². The predicted octanol–water partition coefficient (Wildman–Crippen LogP) is 4.71. The predicted molar refractivity (Wildman–Crippen MR) is 116 cm³/mol. The average Bonchev–Trinajstić information content (AvgIpc) is 2.71. The molecule has 29 heavy (non-hydrogen) atoms. The summed E-state index contributed by atoms with van der Waals surface area (Å²) in [4.78, 5) is 27.0. The van der Waals surface area contributed by atoms with Crippen LogP contribution in [0.15, 0.2) is 48.5 Å². The van der Waals surface area contributed by atoms with Gasteiger partial charge >= 0.3 is 0 Å². The van der Waals surface area contributed by atoms with E-state index >= 15 is 0 Å². The van der Waals surface area contributed by atoms with Gasteiger partial charge in [-0.15, -0.1) is 0 Å². The molecule has 0 aromatic heterocycles. The van der Waals surface area contributed by atoms with E-state index in [-0.39, 0.29) is 25.0 Å². The number of hydrogen-bond acceptors (Lipinski definition) is 3. The third-order valence-corrected chi connectivity index (χ3v) is 5.06. The molecule has 0 bridgehead atoms. The van der Waals surface area contributed by atoms with Crippen molar-refractivity contribution in [2.24, 2.45) is 0 Å². The number of ether oxygens (including phenoxy) is 1. The second-order valence-corrected chi connectivity index (χ2v) is 7.52. The molecular weight excluding hydrogens is 411 g/mol. The largest absolute Gasteiger partial charge is 0.484 e. The highest BCUT2D eigenvalue weighted by atomic mass is 35.5. The van der Waals surface area contributed by atoms with Crippen LogP contribution in [0.5, 0.6) is 5.75 Å². The number of halogens is 2. The van der Waals surface area contributed by atoms with Crippen molar-refractivity contribution in [1.82, 2.24) is 10.2 Å². The number of carbonyl (C=O) groups is 2. The van der Waals surface area contributed by atoms with Gasteiger partial charge in [-0.3, -0.25) is 9.59 Å². The third-order valence-electron chi connectivity index (χ3n) is 4.45. The van der Waals surface area contributed by atoms with Gasteiger partial charge in [0.2, 0.25) is 5.91 Å². The van der Waals surface area contributed by atoms with Crippen LogP contribution in [-0.2, 0) is 16.1 Å². The zero-order valence-electron chi connectivity index (χ0n) is 16.7. The Morgan fingerprint density at radius 1 is 1.14 bits per heavy atom. The van der Waals surface area contributed by atoms with Gasteiger partial charge in [-0.1, -0.05) is 60.8 Å². The minimum atomic E-state index is -0.668. The number of hydrogen-bond donors (Lipinski definition) is 1. The maximum Gasteiger partial charge on any atom is 0.261 e. The Kier molecular flexibility index (Phi) is 9.29. The molecule has 2 amide bonds. The second-order valence-electron chi connectivity index (χ2n) is 6.68. The lowest BCUT2D eigenvalue weighted by Gasteiger charge is -2.29. The lowest BCUT2D eigenvalue weighted by Crippen LogP contribution is -2.49. The minimum Gasteiger partial charge on any atom is -0.484 e. The Hall–Kier alpha value is -2.24. The van der Waals surface area contributed by atoms with E-state index < -0.39 is 6.04 Å². The van der Waals surface area contributed by atoms with E-state index in [0.717, 1.165) is 18.4 Å². The fourth-order valence-corrected chi connectivity index (χ4v) is 3.09. The Bertz CT molecular complexity index is 829. The molecule has 0 saturated heterocycles. The van der Waals surface area contributed by atoms with E-state index in [9.17, 15) is 9.59 Å². The summed E-state index contributed by atoms with van der Waals surface area (Å²) in [7, 11) is 0. The van der Waals surface area contributed by atoms with E-state index in [0.29, 0.717) is 22.3 Å². The molecule has 0 aliphatic heterocycles. The molecule has 0 aliphatic carbocycles. The molecule has 0 aliphatic rings. The molecule has 156 valence electrons. The molecule has 5 nitrogen and oxygen atoms in total. The molecule has 2 rings (SSSR count). The van der Waals surface area contributed by atoms with Crippen LogP contribution < -0.4 is 10.1 Å². The van der Waals surface area contributed by atoms with Crippen molar-refractivity contribution >= 4 is 35.0 Å². The summed E-state index contributed by atoms with van der Waals surface area (Å²) < 4.78 is 5.59. The van der Waals surface area contributed by atoms with Crippen LogP contribution in [0.4, 0.5) is 0 Å². The molecule has 1 unspecified atom stereocenters. The van der Waals surface area contributed by atoms with E-state index in [1.165, 1.54) is 4.90 Å². The summed E-state index contributed by atoms with van der Waals surface area (Å²) in [5.41, 5.74) is 0.762. The van der Waals surface area contributed by atoms with Gasteiger partial charge in [0.25, 0.3) is 5.91 Å². The Labute approximate surface area is 181 Å². The van der Waals surface area contributed by atoms with Gasteiger partial charge in [0.15, 0.2) is 6.61 Å². The number of benzene rings is 2. The lowest BCUT2D eigenvalue weighted by atomic mass is 10.1. The summed E-state index contributed by atoms with van der Waals surface area (Å²) in [5.74, 6) is -0.0340. The molecular formula is C22H26Cl2N2O3. The molecule has 0 heterocycles. The lowest BCUT2D eigenvalue weighted by molar-refractivity contribution is -0.142. The maximum atomic E-state index is 12.9. The molecule has 0 fully saturated rings. The van der Waals surface area contributed by atoms with E-state index in [1.807, 2.05) is 18.2 Å². The van der Waals surface area contributed by atoms with Crippen LogP contribution >= 0.6 is 23.2 Å². The summed E-state index contributed by atoms with van der Waals surface area (Å²) in [5, 5.41) is 3.94. The molecule has 0 radical (unpaired) electrons. The molecule has 0 spiro atoms. The first kappa shape index (κ1) is 23.0. The smallest absolute Gasteiger partial charge is 0.261 e. The minimum absolute atomic E-state index is 0.207. The summed E-state index contributed by atoms with van der Waals surface area (Å²) in [6.07, 6.45) is 1.86. The van der Waals surface area contributed by atoms with E-state index in [2.05, 4.69) is 12.2 Å². The van der Waals surface area contributed by atoms with Crippen LogP contribution in [0.1, 0.15) is 32.3 Å². The molecule has 2 aromatic carbocycles. The highest BCUT2D eigenvalue weighted by Crippen LogP contribution is 2.20. The number of nitrogens with zero attached hydrogens (tertiary/aromatic N) is 1. The van der Waals surface area contributed by atoms with Gasteiger partial charge in [-0.25, -0.2) is 0 Å². The van der Waals surface area contributed by atoms with Gasteiger partial charge in [0.1, 0.15) is 11.8 Å². The van der Waals surface area contributed by atoms with Gasteiger partial charge in [0.05, 0.1) is 0 Å². The number of nitrogens with one attached hydrogen (secondary N) is 1. The normalized spacial score (nSPS) is 11.6. The van der Waals surface area contributed by atoms with Crippen molar-refractivity contribution in [2.75, 3.05) is 13.2 Å². The fourth-order valence-electron chi connectivity index (χ4n) is 2.71. The number of carbonyl (C=O) groups excluding carboxylic acids is 2. The first-order valence-corrected chi connectivity index (χ1v) is 10.4. The first-order chi connectivity index (χ1) is 13.9. The van der Waals surface area contributed by atoms with Gasteiger partial charge < -0.3 is 15.0 Å². The summed E-state index contributed by atoms with van der Waals surface area (Å²) in [6.45, 7) is 4.33. The Morgan fingerprint density at radius 2 is 1.90 bits per heavy atom. The van der Waals surface area contributed by atoms with Gasteiger partial charge in [0, 0.05) is 23.1 Å². The van der Waals surface area contributed by atoms with Crippen LogP contribution in [-0.4, -0.2) is 35.9 Å². The number of amides is 2. The average molecular weight is 437 g/mol. The standard InChI is InChI=1S/C22H26Cl2N2O3/c1-3-4-12-25-22(28)16(2)26(14-17-8-5-6-11-20(17)24)21(27)15-29-19-10-7-9-18(23)13-19/h5-11,13,16H,3-4,12,14-15H2,1-2H3,(H,25,28). The zero-order valence-corrected chi connectivity index (χ0v) is 18.2.